The summed E-state index contributed by atoms with van der Waals surface area (Å²) in [6.07, 6.45) is 2.68. The van der Waals surface area contributed by atoms with Crippen LogP contribution < -0.4 is 10.6 Å². The smallest absolute Gasteiger partial charge is 0.166 e. The molecule has 1 aliphatic rings. The number of hydrogen-bond acceptors (Lipinski definition) is 1. The van der Waals surface area contributed by atoms with E-state index >= 15 is 0 Å². The minimum absolute atomic E-state index is 0.531. The molecular formula is C10H20N2S. The molecule has 0 saturated heterocycles. The standard InChI is InChI=1S/C10H20N2S/c1-8(2)6-11-9(13)12-7-10(3)4-5-10/h8H,4-7H2,1-3H3,(H2,11,12,13). The zero-order chi connectivity index (χ0) is 9.90. The molecule has 3 heteroatoms. The lowest BCUT2D eigenvalue weighted by Gasteiger charge is -2.14. The molecule has 0 atom stereocenters. The van der Waals surface area contributed by atoms with Crippen LogP contribution in [0.1, 0.15) is 33.6 Å². The number of thiocarbonyl (C=S) groups is 1. The van der Waals surface area contributed by atoms with Crippen molar-refractivity contribution in [3.63, 3.8) is 0 Å². The van der Waals surface area contributed by atoms with E-state index in [1.807, 2.05) is 0 Å². The van der Waals surface area contributed by atoms with Crippen molar-refractivity contribution in [1.29, 1.82) is 0 Å². The molecule has 76 valence electrons. The second-order valence-corrected chi connectivity index (χ2v) is 5.18. The van der Waals surface area contributed by atoms with Crippen molar-refractivity contribution in [2.45, 2.75) is 33.6 Å². The van der Waals surface area contributed by atoms with Crippen molar-refractivity contribution in [1.82, 2.24) is 10.6 Å². The van der Waals surface area contributed by atoms with E-state index in [0.717, 1.165) is 18.2 Å². The average Bonchev–Trinajstić information content (AvgIpc) is 2.77. The highest BCUT2D eigenvalue weighted by Gasteiger charge is 2.36. The van der Waals surface area contributed by atoms with Crippen LogP contribution in [0, 0.1) is 11.3 Å². The quantitative estimate of drug-likeness (QED) is 0.678. The lowest BCUT2D eigenvalue weighted by atomic mass is 10.1. The van der Waals surface area contributed by atoms with Gasteiger partial charge >= 0.3 is 0 Å². The van der Waals surface area contributed by atoms with Gasteiger partial charge in [0.2, 0.25) is 0 Å². The van der Waals surface area contributed by atoms with Crippen LogP contribution in [0.5, 0.6) is 0 Å². The van der Waals surface area contributed by atoms with Gasteiger partial charge in [0, 0.05) is 13.1 Å². The second kappa shape index (κ2) is 4.27. The van der Waals surface area contributed by atoms with Crippen LogP contribution in [0.4, 0.5) is 0 Å². The fourth-order valence-electron chi connectivity index (χ4n) is 1.04. The van der Waals surface area contributed by atoms with E-state index in [4.69, 9.17) is 12.2 Å². The highest BCUT2D eigenvalue weighted by atomic mass is 32.1. The summed E-state index contributed by atoms with van der Waals surface area (Å²) in [6, 6.07) is 0. The highest BCUT2D eigenvalue weighted by Crippen LogP contribution is 2.43. The van der Waals surface area contributed by atoms with Crippen LogP contribution in [-0.2, 0) is 0 Å². The summed E-state index contributed by atoms with van der Waals surface area (Å²) < 4.78 is 0. The lowest BCUT2D eigenvalue weighted by Crippen LogP contribution is -2.39. The first-order valence-electron chi connectivity index (χ1n) is 5.03. The molecule has 0 radical (unpaired) electrons. The topological polar surface area (TPSA) is 24.1 Å². The molecule has 0 amide bonds. The van der Waals surface area contributed by atoms with Gasteiger partial charge in [-0.25, -0.2) is 0 Å². The Morgan fingerprint density at radius 3 is 2.46 bits per heavy atom. The van der Waals surface area contributed by atoms with Gasteiger partial charge in [-0.05, 0) is 36.4 Å². The largest absolute Gasteiger partial charge is 0.362 e. The molecule has 13 heavy (non-hydrogen) atoms. The van der Waals surface area contributed by atoms with Crippen molar-refractivity contribution < 1.29 is 0 Å². The Morgan fingerprint density at radius 1 is 1.38 bits per heavy atom. The minimum atomic E-state index is 0.531. The molecule has 1 rings (SSSR count). The molecule has 2 N–H and O–H groups in total. The summed E-state index contributed by atoms with van der Waals surface area (Å²) in [5, 5.41) is 7.27. The third-order valence-electron chi connectivity index (χ3n) is 2.45. The Hall–Kier alpha value is -0.310. The predicted octanol–water partition coefficient (Wildman–Crippen LogP) is 1.91. The first-order valence-corrected chi connectivity index (χ1v) is 5.44. The Bertz CT molecular complexity index is 185. The predicted molar refractivity (Wildman–Crippen MR) is 60.8 cm³/mol. The maximum Gasteiger partial charge on any atom is 0.166 e. The van der Waals surface area contributed by atoms with Crippen LogP contribution in [0.2, 0.25) is 0 Å². The Balaban J connectivity index is 2.04. The molecule has 0 heterocycles. The molecule has 0 unspecified atom stereocenters. The fourth-order valence-corrected chi connectivity index (χ4v) is 1.20. The van der Waals surface area contributed by atoms with E-state index in [1.165, 1.54) is 12.8 Å². The zero-order valence-electron chi connectivity index (χ0n) is 8.81. The zero-order valence-corrected chi connectivity index (χ0v) is 9.63. The third kappa shape index (κ3) is 4.46. The van der Waals surface area contributed by atoms with Gasteiger partial charge in [0.25, 0.3) is 0 Å². The van der Waals surface area contributed by atoms with E-state index in [2.05, 4.69) is 31.4 Å². The van der Waals surface area contributed by atoms with Crippen LogP contribution in [0.15, 0.2) is 0 Å². The molecule has 1 fully saturated rings. The van der Waals surface area contributed by atoms with Crippen LogP contribution >= 0.6 is 12.2 Å². The summed E-state index contributed by atoms with van der Waals surface area (Å²) in [5.41, 5.74) is 0.531. The number of nitrogens with one attached hydrogen (secondary N) is 2. The van der Waals surface area contributed by atoms with Crippen molar-refractivity contribution in [2.75, 3.05) is 13.1 Å². The summed E-state index contributed by atoms with van der Waals surface area (Å²) in [4.78, 5) is 0. The number of hydrogen-bond donors (Lipinski definition) is 2. The van der Waals surface area contributed by atoms with E-state index in [9.17, 15) is 0 Å². The van der Waals surface area contributed by atoms with Crippen molar-refractivity contribution in [3.8, 4) is 0 Å². The van der Waals surface area contributed by atoms with Crippen molar-refractivity contribution in [3.05, 3.63) is 0 Å². The normalized spacial score (nSPS) is 18.5. The summed E-state index contributed by atoms with van der Waals surface area (Å²) in [7, 11) is 0. The van der Waals surface area contributed by atoms with Gasteiger partial charge in [0.15, 0.2) is 5.11 Å². The van der Waals surface area contributed by atoms with E-state index in [-0.39, 0.29) is 0 Å². The van der Waals surface area contributed by atoms with Gasteiger partial charge in [-0.1, -0.05) is 20.8 Å². The maximum absolute atomic E-state index is 5.15. The van der Waals surface area contributed by atoms with Gasteiger partial charge in [0.1, 0.15) is 0 Å². The Labute approximate surface area is 86.5 Å². The second-order valence-electron chi connectivity index (χ2n) is 4.77. The van der Waals surface area contributed by atoms with E-state index in [1.54, 1.807) is 0 Å². The number of rotatable bonds is 4. The molecule has 0 aromatic rings. The van der Waals surface area contributed by atoms with Gasteiger partial charge in [0.05, 0.1) is 0 Å². The molecule has 0 aromatic heterocycles. The minimum Gasteiger partial charge on any atom is -0.362 e. The fraction of sp³-hybridized carbons (Fsp3) is 0.900. The molecule has 1 saturated carbocycles. The highest BCUT2D eigenvalue weighted by molar-refractivity contribution is 7.80. The summed E-state index contributed by atoms with van der Waals surface area (Å²) >= 11 is 5.15. The van der Waals surface area contributed by atoms with Gasteiger partial charge in [-0.3, -0.25) is 0 Å². The summed E-state index contributed by atoms with van der Waals surface area (Å²) in [5.74, 6) is 0.649. The van der Waals surface area contributed by atoms with E-state index in [0.29, 0.717) is 11.3 Å². The van der Waals surface area contributed by atoms with Crippen LogP contribution in [0.3, 0.4) is 0 Å². The maximum atomic E-state index is 5.15. The Morgan fingerprint density at radius 2 is 2.00 bits per heavy atom. The average molecular weight is 200 g/mol. The molecule has 0 spiro atoms. The van der Waals surface area contributed by atoms with Crippen LogP contribution in [0.25, 0.3) is 0 Å². The van der Waals surface area contributed by atoms with Crippen LogP contribution in [-0.4, -0.2) is 18.2 Å². The van der Waals surface area contributed by atoms with Gasteiger partial charge in [-0.2, -0.15) is 0 Å². The lowest BCUT2D eigenvalue weighted by molar-refractivity contribution is 0.547. The van der Waals surface area contributed by atoms with E-state index < -0.39 is 0 Å². The molecular weight excluding hydrogens is 180 g/mol. The SMILES string of the molecule is CC(C)CNC(=S)NCC1(C)CC1. The molecule has 0 aliphatic heterocycles. The molecule has 0 bridgehead atoms. The molecule has 2 nitrogen and oxygen atoms in total. The third-order valence-corrected chi connectivity index (χ3v) is 2.74. The van der Waals surface area contributed by atoms with Gasteiger partial charge < -0.3 is 10.6 Å². The summed E-state index contributed by atoms with van der Waals surface area (Å²) in [6.45, 7) is 8.64. The first kappa shape index (κ1) is 10.8. The first-order chi connectivity index (χ1) is 6.02. The van der Waals surface area contributed by atoms with Gasteiger partial charge in [-0.15, -0.1) is 0 Å². The van der Waals surface area contributed by atoms with Crippen molar-refractivity contribution >= 4 is 17.3 Å². The van der Waals surface area contributed by atoms with Crippen molar-refractivity contribution in [2.24, 2.45) is 11.3 Å². The monoisotopic (exact) mass is 200 g/mol. The molecule has 1 aliphatic carbocycles. The Kier molecular flexibility index (Phi) is 3.54. The molecule has 0 aromatic carbocycles.